The Morgan fingerprint density at radius 1 is 0.705 bits per heavy atom. The van der Waals surface area contributed by atoms with Crippen LogP contribution in [-0.2, 0) is 16.6 Å². The Morgan fingerprint density at radius 2 is 1.39 bits per heavy atom. The predicted octanol–water partition coefficient (Wildman–Crippen LogP) is 10.3. The first-order valence-corrected chi connectivity index (χ1v) is 15.7. The van der Waals surface area contributed by atoms with Gasteiger partial charge in [0.15, 0.2) is 0 Å². The van der Waals surface area contributed by atoms with Crippen molar-refractivity contribution in [2.75, 3.05) is 11.9 Å². The second-order valence-corrected chi connectivity index (χ2v) is 12.0. The average Bonchev–Trinajstić information content (AvgIpc) is 3.54. The largest absolute Gasteiger partial charge is 0.456 e. The monoisotopic (exact) mass is 579 g/mol. The number of furan rings is 1. The van der Waals surface area contributed by atoms with Gasteiger partial charge in [0, 0.05) is 27.9 Å². The highest BCUT2D eigenvalue weighted by atomic mass is 16.5. The second-order valence-electron chi connectivity index (χ2n) is 12.0. The van der Waals surface area contributed by atoms with Crippen LogP contribution < -0.4 is 5.32 Å². The van der Waals surface area contributed by atoms with Gasteiger partial charge in [0.05, 0.1) is 6.61 Å². The summed E-state index contributed by atoms with van der Waals surface area (Å²) in [6.07, 6.45) is 4.66. The summed E-state index contributed by atoms with van der Waals surface area (Å²) in [6, 6.07) is 46.7. The molecule has 1 saturated carbocycles. The van der Waals surface area contributed by atoms with Gasteiger partial charge in [-0.05, 0) is 66.0 Å². The van der Waals surface area contributed by atoms with Gasteiger partial charge in [-0.15, -0.1) is 0 Å². The first-order chi connectivity index (χ1) is 21.7. The lowest BCUT2D eigenvalue weighted by molar-refractivity contribution is 0.159. The first-order valence-electron chi connectivity index (χ1n) is 15.7. The molecule has 1 aliphatic carbocycles. The molecule has 44 heavy (non-hydrogen) atoms. The summed E-state index contributed by atoms with van der Waals surface area (Å²) >= 11 is 0. The number of carbonyl (C=O) groups excluding carboxylic acids is 1. The zero-order valence-electron chi connectivity index (χ0n) is 24.8. The Kier molecular flexibility index (Phi) is 7.89. The van der Waals surface area contributed by atoms with Crippen molar-refractivity contribution in [3.8, 4) is 0 Å². The fourth-order valence-electron chi connectivity index (χ4n) is 7.32. The molecule has 0 spiro atoms. The van der Waals surface area contributed by atoms with Crippen LogP contribution in [0.5, 0.6) is 0 Å². The standard InChI is InChI=1S/C40H37NO3/c42-39(41-32-23-24-34-33-21-11-12-22-36(33)44-37(34)28-32)43-26-14-4-13-25-40(31-19-9-3-10-20-31)35(27-29-15-5-1-6-16-29)38(40)30-17-7-2-8-18-30/h1-3,5-12,15-24,28,35,38H,4,13-14,25-27H2,(H,41,42). The van der Waals surface area contributed by atoms with Crippen molar-refractivity contribution in [3.05, 3.63) is 150 Å². The molecule has 0 aliphatic heterocycles. The molecule has 7 rings (SSSR count). The predicted molar refractivity (Wildman–Crippen MR) is 178 cm³/mol. The van der Waals surface area contributed by atoms with Gasteiger partial charge in [-0.25, -0.2) is 4.79 Å². The van der Waals surface area contributed by atoms with Crippen molar-refractivity contribution in [1.82, 2.24) is 0 Å². The number of fused-ring (bicyclic) bond motifs is 3. The van der Waals surface area contributed by atoms with Gasteiger partial charge in [0.1, 0.15) is 11.2 Å². The van der Waals surface area contributed by atoms with E-state index in [1.165, 1.54) is 16.7 Å². The number of carbonyl (C=O) groups is 1. The summed E-state index contributed by atoms with van der Waals surface area (Å²) in [5, 5.41) is 4.96. The second kappa shape index (κ2) is 12.4. The van der Waals surface area contributed by atoms with E-state index in [1.54, 1.807) is 0 Å². The minimum absolute atomic E-state index is 0.103. The summed E-state index contributed by atoms with van der Waals surface area (Å²) in [4.78, 5) is 12.6. The Morgan fingerprint density at radius 3 is 2.18 bits per heavy atom. The molecule has 0 bridgehead atoms. The van der Waals surface area contributed by atoms with Crippen molar-refractivity contribution in [2.45, 2.75) is 43.4 Å². The normalized spacial score (nSPS) is 19.2. The molecule has 1 amide bonds. The number of ether oxygens (including phenoxy) is 1. The van der Waals surface area contributed by atoms with E-state index in [-0.39, 0.29) is 5.41 Å². The molecule has 220 valence electrons. The molecule has 4 nitrogen and oxygen atoms in total. The number of amides is 1. The summed E-state index contributed by atoms with van der Waals surface area (Å²) in [5.41, 5.74) is 6.61. The van der Waals surface area contributed by atoms with E-state index in [0.717, 1.165) is 54.0 Å². The van der Waals surface area contributed by atoms with Crippen LogP contribution >= 0.6 is 0 Å². The molecule has 4 heteroatoms. The van der Waals surface area contributed by atoms with Crippen LogP contribution in [0.2, 0.25) is 0 Å². The van der Waals surface area contributed by atoms with Gasteiger partial charge < -0.3 is 9.15 Å². The minimum Gasteiger partial charge on any atom is -0.456 e. The zero-order chi connectivity index (χ0) is 29.8. The molecule has 1 N–H and O–H groups in total. The average molecular weight is 580 g/mol. The molecule has 6 aromatic rings. The molecule has 0 saturated heterocycles. The van der Waals surface area contributed by atoms with Crippen LogP contribution in [0.25, 0.3) is 21.9 Å². The topological polar surface area (TPSA) is 51.5 Å². The molecular formula is C40H37NO3. The van der Waals surface area contributed by atoms with Crippen molar-refractivity contribution < 1.29 is 13.9 Å². The lowest BCUT2D eigenvalue weighted by Crippen LogP contribution is -2.15. The summed E-state index contributed by atoms with van der Waals surface area (Å²) in [6.45, 7) is 0.395. The van der Waals surface area contributed by atoms with Crippen LogP contribution in [0.15, 0.2) is 138 Å². The molecule has 1 aliphatic rings. The number of nitrogens with one attached hydrogen (secondary N) is 1. The van der Waals surface area contributed by atoms with Gasteiger partial charge in [-0.2, -0.15) is 0 Å². The maximum absolute atomic E-state index is 12.6. The maximum atomic E-state index is 12.6. The van der Waals surface area contributed by atoms with Gasteiger partial charge >= 0.3 is 6.09 Å². The zero-order valence-corrected chi connectivity index (χ0v) is 24.8. The Labute approximate surface area is 258 Å². The van der Waals surface area contributed by atoms with E-state index >= 15 is 0 Å². The van der Waals surface area contributed by atoms with Gasteiger partial charge in [-0.1, -0.05) is 122 Å². The SMILES string of the molecule is O=C(Nc1ccc2c(c1)oc1ccccc12)OCCCCCC1(c2ccccc2)C(Cc2ccccc2)C1c1ccccc1. The fraction of sp³-hybridized carbons (Fsp3) is 0.225. The van der Waals surface area contributed by atoms with Gasteiger partial charge in [0.25, 0.3) is 0 Å². The van der Waals surface area contributed by atoms with Crippen LogP contribution in [0.1, 0.15) is 48.3 Å². The Hall–Kier alpha value is -4.83. The number of unbranched alkanes of at least 4 members (excludes halogenated alkanes) is 2. The number of rotatable bonds is 11. The minimum atomic E-state index is -0.435. The molecular weight excluding hydrogens is 542 g/mol. The van der Waals surface area contributed by atoms with Crippen molar-refractivity contribution in [1.29, 1.82) is 0 Å². The number of hydrogen-bond donors (Lipinski definition) is 1. The van der Waals surface area contributed by atoms with E-state index in [9.17, 15) is 4.79 Å². The maximum Gasteiger partial charge on any atom is 0.411 e. The lowest BCUT2D eigenvalue weighted by atomic mass is 9.84. The molecule has 1 fully saturated rings. The number of para-hydroxylation sites is 1. The highest BCUT2D eigenvalue weighted by Crippen LogP contribution is 2.69. The quantitative estimate of drug-likeness (QED) is 0.155. The molecule has 5 aromatic carbocycles. The third-order valence-corrected chi connectivity index (χ3v) is 9.37. The van der Waals surface area contributed by atoms with Gasteiger partial charge in [-0.3, -0.25) is 5.32 Å². The van der Waals surface area contributed by atoms with Gasteiger partial charge in [0.2, 0.25) is 0 Å². The molecule has 3 unspecified atom stereocenters. The summed E-state index contributed by atoms with van der Waals surface area (Å²) < 4.78 is 11.5. The summed E-state index contributed by atoms with van der Waals surface area (Å²) in [5.74, 6) is 1.03. The highest BCUT2D eigenvalue weighted by molar-refractivity contribution is 6.06. The third-order valence-electron chi connectivity index (χ3n) is 9.37. The molecule has 1 heterocycles. The van der Waals surface area contributed by atoms with E-state index < -0.39 is 6.09 Å². The van der Waals surface area contributed by atoms with E-state index in [1.807, 2.05) is 42.5 Å². The Bertz CT molecular complexity index is 1850. The van der Waals surface area contributed by atoms with Crippen molar-refractivity contribution >= 4 is 33.7 Å². The van der Waals surface area contributed by atoms with Crippen LogP contribution in [0, 0.1) is 5.92 Å². The molecule has 0 radical (unpaired) electrons. The lowest BCUT2D eigenvalue weighted by Gasteiger charge is -2.20. The van der Waals surface area contributed by atoms with E-state index in [0.29, 0.717) is 24.1 Å². The van der Waals surface area contributed by atoms with Crippen molar-refractivity contribution in [2.24, 2.45) is 5.92 Å². The third kappa shape index (κ3) is 5.60. The number of benzene rings is 5. The first kappa shape index (κ1) is 28.0. The smallest absolute Gasteiger partial charge is 0.411 e. The number of anilines is 1. The van der Waals surface area contributed by atoms with Crippen LogP contribution in [-0.4, -0.2) is 12.7 Å². The van der Waals surface area contributed by atoms with Crippen LogP contribution in [0.4, 0.5) is 10.5 Å². The highest BCUT2D eigenvalue weighted by Gasteiger charge is 2.64. The van der Waals surface area contributed by atoms with E-state index in [2.05, 4.69) is 96.3 Å². The van der Waals surface area contributed by atoms with E-state index in [4.69, 9.17) is 9.15 Å². The molecule has 1 aromatic heterocycles. The Balaban J connectivity index is 0.971. The number of hydrogen-bond acceptors (Lipinski definition) is 3. The van der Waals surface area contributed by atoms with Crippen molar-refractivity contribution in [3.63, 3.8) is 0 Å². The molecule has 3 atom stereocenters. The fourth-order valence-corrected chi connectivity index (χ4v) is 7.32. The summed E-state index contributed by atoms with van der Waals surface area (Å²) in [7, 11) is 0. The van der Waals surface area contributed by atoms with Crippen LogP contribution in [0.3, 0.4) is 0 Å².